The second kappa shape index (κ2) is 3.42. The molecule has 1 aromatic carbocycles. The average molecular weight is 196 g/mol. The lowest BCUT2D eigenvalue weighted by atomic mass is 9.85. The minimum Gasteiger partial charge on any atom is -0.481 e. The number of carboxylic acid groups (broad SMARTS) is 1. The second-order valence-corrected chi connectivity index (χ2v) is 3.99. The van der Waals surface area contributed by atoms with Crippen molar-refractivity contribution in [2.24, 2.45) is 0 Å². The van der Waals surface area contributed by atoms with Gasteiger partial charge in [-0.05, 0) is 31.5 Å². The van der Waals surface area contributed by atoms with Gasteiger partial charge in [0, 0.05) is 4.90 Å². The molecule has 0 aliphatic heterocycles. The highest BCUT2D eigenvalue weighted by Gasteiger charge is 2.28. The van der Waals surface area contributed by atoms with Crippen LogP contribution in [0, 0.1) is 0 Å². The van der Waals surface area contributed by atoms with Crippen molar-refractivity contribution in [1.82, 2.24) is 0 Å². The minimum absolute atomic E-state index is 0.790. The predicted molar refractivity (Wildman–Crippen MR) is 54.4 cm³/mol. The molecule has 0 bridgehead atoms. The van der Waals surface area contributed by atoms with Crippen molar-refractivity contribution in [2.75, 3.05) is 0 Å². The molecule has 0 unspecified atom stereocenters. The van der Waals surface area contributed by atoms with Crippen LogP contribution in [0.2, 0.25) is 0 Å². The molecule has 0 saturated heterocycles. The van der Waals surface area contributed by atoms with E-state index in [-0.39, 0.29) is 0 Å². The molecular weight excluding hydrogens is 184 g/mol. The van der Waals surface area contributed by atoms with E-state index in [0.29, 0.717) is 0 Å². The molecule has 0 aromatic heterocycles. The Balaban J connectivity index is 3.08. The van der Waals surface area contributed by atoms with Gasteiger partial charge in [0.25, 0.3) is 0 Å². The number of aliphatic carboxylic acids is 1. The first-order valence-corrected chi connectivity index (χ1v) is 4.42. The SMILES string of the molecule is CC(C)(C(=O)O)c1ccc(S)cc1. The molecule has 3 heteroatoms. The van der Waals surface area contributed by atoms with Crippen LogP contribution in [-0.4, -0.2) is 11.1 Å². The van der Waals surface area contributed by atoms with Gasteiger partial charge in [0.15, 0.2) is 0 Å². The molecule has 0 radical (unpaired) electrons. The van der Waals surface area contributed by atoms with Crippen LogP contribution in [0.5, 0.6) is 0 Å². The summed E-state index contributed by atoms with van der Waals surface area (Å²) >= 11 is 4.13. The Morgan fingerprint density at radius 1 is 1.31 bits per heavy atom. The second-order valence-electron chi connectivity index (χ2n) is 3.48. The monoisotopic (exact) mass is 196 g/mol. The number of carbonyl (C=O) groups is 1. The molecule has 0 aliphatic carbocycles. The fraction of sp³-hybridized carbons (Fsp3) is 0.300. The van der Waals surface area contributed by atoms with Crippen LogP contribution in [0.3, 0.4) is 0 Å². The normalized spacial score (nSPS) is 11.3. The largest absolute Gasteiger partial charge is 0.481 e. The zero-order valence-corrected chi connectivity index (χ0v) is 8.51. The quantitative estimate of drug-likeness (QED) is 0.712. The first kappa shape index (κ1) is 10.1. The lowest BCUT2D eigenvalue weighted by Gasteiger charge is -2.19. The molecule has 70 valence electrons. The van der Waals surface area contributed by atoms with Crippen molar-refractivity contribution < 1.29 is 9.90 Å². The van der Waals surface area contributed by atoms with Gasteiger partial charge in [-0.3, -0.25) is 4.79 Å². The van der Waals surface area contributed by atoms with E-state index in [1.807, 2.05) is 0 Å². The molecule has 13 heavy (non-hydrogen) atoms. The molecule has 1 aromatic rings. The van der Waals surface area contributed by atoms with Crippen LogP contribution in [0.25, 0.3) is 0 Å². The Bertz CT molecular complexity index is 314. The van der Waals surface area contributed by atoms with Crippen molar-refractivity contribution in [3.63, 3.8) is 0 Å². The molecule has 0 aliphatic rings. The Kier molecular flexibility index (Phi) is 2.66. The summed E-state index contributed by atoms with van der Waals surface area (Å²) in [4.78, 5) is 11.7. The van der Waals surface area contributed by atoms with Gasteiger partial charge in [0.05, 0.1) is 5.41 Å². The van der Waals surface area contributed by atoms with E-state index in [1.54, 1.807) is 38.1 Å². The summed E-state index contributed by atoms with van der Waals surface area (Å²) in [6.45, 7) is 3.37. The van der Waals surface area contributed by atoms with Crippen LogP contribution in [-0.2, 0) is 10.2 Å². The predicted octanol–water partition coefficient (Wildman–Crippen LogP) is 2.34. The van der Waals surface area contributed by atoms with Gasteiger partial charge < -0.3 is 5.11 Å². The van der Waals surface area contributed by atoms with Gasteiger partial charge in [-0.1, -0.05) is 12.1 Å². The number of carboxylic acids is 1. The van der Waals surface area contributed by atoms with Crippen LogP contribution in [0.15, 0.2) is 29.2 Å². The number of hydrogen-bond acceptors (Lipinski definition) is 2. The highest BCUT2D eigenvalue weighted by atomic mass is 32.1. The maximum Gasteiger partial charge on any atom is 0.313 e. The molecule has 0 heterocycles. The maximum atomic E-state index is 10.9. The Morgan fingerprint density at radius 2 is 1.77 bits per heavy atom. The smallest absolute Gasteiger partial charge is 0.313 e. The van der Waals surface area contributed by atoms with Gasteiger partial charge in [-0.25, -0.2) is 0 Å². The molecule has 1 rings (SSSR count). The first-order valence-electron chi connectivity index (χ1n) is 3.97. The highest BCUT2D eigenvalue weighted by Crippen LogP contribution is 2.24. The van der Waals surface area contributed by atoms with E-state index in [2.05, 4.69) is 12.6 Å². The molecule has 0 saturated carbocycles. The van der Waals surface area contributed by atoms with Crippen LogP contribution >= 0.6 is 12.6 Å². The molecule has 0 amide bonds. The summed E-state index contributed by atoms with van der Waals surface area (Å²) in [7, 11) is 0. The maximum absolute atomic E-state index is 10.9. The summed E-state index contributed by atoms with van der Waals surface area (Å²) in [5.41, 5.74) is -0.0422. The minimum atomic E-state index is -0.832. The van der Waals surface area contributed by atoms with E-state index >= 15 is 0 Å². The standard InChI is InChI=1S/C10H12O2S/c1-10(2,9(11)12)7-3-5-8(13)6-4-7/h3-6,13H,1-2H3,(H,11,12). The number of rotatable bonds is 2. The topological polar surface area (TPSA) is 37.3 Å². The van der Waals surface area contributed by atoms with E-state index in [1.165, 1.54) is 0 Å². The third-order valence-corrected chi connectivity index (χ3v) is 2.42. The Labute approximate surface area is 83.0 Å². The van der Waals surface area contributed by atoms with E-state index in [4.69, 9.17) is 5.11 Å². The van der Waals surface area contributed by atoms with Crippen molar-refractivity contribution in [3.05, 3.63) is 29.8 Å². The average Bonchev–Trinajstić information content (AvgIpc) is 2.04. The third kappa shape index (κ3) is 2.04. The van der Waals surface area contributed by atoms with E-state index < -0.39 is 11.4 Å². The molecule has 2 nitrogen and oxygen atoms in total. The number of thiol groups is 1. The number of benzene rings is 1. The molecule has 1 N–H and O–H groups in total. The summed E-state index contributed by atoms with van der Waals surface area (Å²) in [6.07, 6.45) is 0. The van der Waals surface area contributed by atoms with Gasteiger partial charge in [-0.15, -0.1) is 12.6 Å². The summed E-state index contributed by atoms with van der Waals surface area (Å²) < 4.78 is 0. The fourth-order valence-corrected chi connectivity index (χ4v) is 1.15. The zero-order chi connectivity index (χ0) is 10.1. The van der Waals surface area contributed by atoms with Crippen molar-refractivity contribution in [1.29, 1.82) is 0 Å². The lowest BCUT2D eigenvalue weighted by Crippen LogP contribution is -2.28. The third-order valence-electron chi connectivity index (χ3n) is 2.12. The lowest BCUT2D eigenvalue weighted by molar-refractivity contribution is -0.142. The van der Waals surface area contributed by atoms with Gasteiger partial charge in [0.1, 0.15) is 0 Å². The Hall–Kier alpha value is -0.960. The van der Waals surface area contributed by atoms with Crippen molar-refractivity contribution >= 4 is 18.6 Å². The zero-order valence-electron chi connectivity index (χ0n) is 7.61. The summed E-state index contributed by atoms with van der Waals surface area (Å²) in [6, 6.07) is 7.17. The Morgan fingerprint density at radius 3 is 2.15 bits per heavy atom. The molecule has 0 fully saturated rings. The van der Waals surface area contributed by atoms with Crippen LogP contribution in [0.1, 0.15) is 19.4 Å². The van der Waals surface area contributed by atoms with Crippen LogP contribution in [0.4, 0.5) is 0 Å². The van der Waals surface area contributed by atoms with Crippen LogP contribution < -0.4 is 0 Å². The summed E-state index contributed by atoms with van der Waals surface area (Å²) in [5.74, 6) is -0.820. The highest BCUT2D eigenvalue weighted by molar-refractivity contribution is 7.80. The van der Waals surface area contributed by atoms with Crippen molar-refractivity contribution in [2.45, 2.75) is 24.2 Å². The van der Waals surface area contributed by atoms with Crippen molar-refractivity contribution in [3.8, 4) is 0 Å². The first-order chi connectivity index (χ1) is 5.94. The van der Waals surface area contributed by atoms with E-state index in [0.717, 1.165) is 10.5 Å². The molecular formula is C10H12O2S. The van der Waals surface area contributed by atoms with Gasteiger partial charge >= 0.3 is 5.97 Å². The number of hydrogen-bond donors (Lipinski definition) is 2. The molecule has 0 spiro atoms. The fourth-order valence-electron chi connectivity index (χ4n) is 1.00. The summed E-state index contributed by atoms with van der Waals surface area (Å²) in [5, 5.41) is 8.94. The van der Waals surface area contributed by atoms with Gasteiger partial charge in [0.2, 0.25) is 0 Å². The molecule has 0 atom stereocenters. The van der Waals surface area contributed by atoms with Gasteiger partial charge in [-0.2, -0.15) is 0 Å². The van der Waals surface area contributed by atoms with E-state index in [9.17, 15) is 4.79 Å².